The Hall–Kier alpha value is 0.390. The Morgan fingerprint density at radius 3 is 2.50 bits per heavy atom. The first-order chi connectivity index (χ1) is 3.63. The highest BCUT2D eigenvalue weighted by Crippen LogP contribution is 2.51. The van der Waals surface area contributed by atoms with E-state index in [0.29, 0.717) is 5.66 Å². The average Bonchev–Trinajstić information content (AvgIpc) is 1.86. The van der Waals surface area contributed by atoms with Crippen LogP contribution >= 0.6 is 6.04 Å². The zero-order chi connectivity index (χ0) is 6.20. The van der Waals surface area contributed by atoms with Gasteiger partial charge in [-0.05, 0) is 18.9 Å². The molecule has 0 bridgehead atoms. The van der Waals surface area contributed by atoms with Crippen LogP contribution in [0, 0.1) is 0 Å². The molecule has 46 valence electrons. The van der Waals surface area contributed by atoms with Crippen molar-refractivity contribution in [2.24, 2.45) is 0 Å². The van der Waals surface area contributed by atoms with E-state index in [-0.39, 0.29) is 0 Å². The molecule has 8 heavy (non-hydrogen) atoms. The molecule has 0 aromatic carbocycles. The van der Waals surface area contributed by atoms with Gasteiger partial charge in [0.2, 0.25) is 0 Å². The van der Waals surface area contributed by atoms with E-state index in [9.17, 15) is 0 Å². The van der Waals surface area contributed by atoms with Gasteiger partial charge in [-0.3, -0.25) is 0 Å². The zero-order valence-corrected chi connectivity index (χ0v) is 7.01. The molecule has 0 amide bonds. The molecule has 1 aliphatic heterocycles. The van der Waals surface area contributed by atoms with Gasteiger partial charge in [0.1, 0.15) is 0 Å². The van der Waals surface area contributed by atoms with Crippen molar-refractivity contribution in [1.82, 2.24) is 0 Å². The number of hydrogen-bond acceptors (Lipinski definition) is 1. The van der Waals surface area contributed by atoms with Crippen LogP contribution < -0.4 is 0 Å². The molecule has 0 aliphatic carbocycles. The van der Waals surface area contributed by atoms with Crippen molar-refractivity contribution >= 4 is 17.8 Å². The van der Waals surface area contributed by atoms with Crippen molar-refractivity contribution in [3.63, 3.8) is 0 Å². The number of rotatable bonds is 0. The maximum absolute atomic E-state index is 5.38. The van der Waals surface area contributed by atoms with Gasteiger partial charge in [0.25, 0.3) is 0 Å². The normalized spacial score (nSPS) is 45.5. The summed E-state index contributed by atoms with van der Waals surface area (Å²) in [6.45, 7) is 4.47. The highest BCUT2D eigenvalue weighted by molar-refractivity contribution is 8.14. The first-order valence-electron chi connectivity index (χ1n) is 2.86. The van der Waals surface area contributed by atoms with Crippen LogP contribution in [0.15, 0.2) is 12.2 Å². The lowest BCUT2D eigenvalue weighted by Crippen LogP contribution is -1.92. The Kier molecular flexibility index (Phi) is 1.60. The molecule has 2 heteroatoms. The van der Waals surface area contributed by atoms with Crippen LogP contribution in [0.4, 0.5) is 0 Å². The Morgan fingerprint density at radius 1 is 1.75 bits per heavy atom. The van der Waals surface area contributed by atoms with Crippen LogP contribution in [-0.4, -0.2) is 18.5 Å². The molecule has 1 aliphatic rings. The fourth-order valence-corrected chi connectivity index (χ4v) is 2.64. The van der Waals surface area contributed by atoms with Gasteiger partial charge in [0.05, 0.1) is 0 Å². The van der Waals surface area contributed by atoms with Crippen molar-refractivity contribution in [1.29, 1.82) is 0 Å². The summed E-state index contributed by atoms with van der Waals surface area (Å²) in [5.41, 5.74) is 0.706. The topological polar surface area (TPSA) is 0 Å². The first-order valence-corrected chi connectivity index (χ1v) is 6.36. The van der Waals surface area contributed by atoms with Gasteiger partial charge in [-0.2, -0.15) is 0 Å². The molecular formula is C6H11PS. The van der Waals surface area contributed by atoms with Crippen LogP contribution in [0.25, 0.3) is 0 Å². The zero-order valence-electron chi connectivity index (χ0n) is 5.29. The Morgan fingerprint density at radius 2 is 2.38 bits per heavy atom. The molecule has 0 unspecified atom stereocenters. The van der Waals surface area contributed by atoms with Gasteiger partial charge in [-0.15, -0.1) is 0 Å². The quantitative estimate of drug-likeness (QED) is 0.372. The SMILES string of the molecule is C[C@H]1C=CC[P@]1(C)=S. The second-order valence-electron chi connectivity index (χ2n) is 2.53. The monoisotopic (exact) mass is 146 g/mol. The lowest BCUT2D eigenvalue weighted by molar-refractivity contribution is 1.24. The Labute approximate surface area is 56.0 Å². The Bertz CT molecular complexity index is 160. The van der Waals surface area contributed by atoms with E-state index in [1.165, 1.54) is 6.16 Å². The molecule has 0 saturated carbocycles. The first kappa shape index (κ1) is 6.51. The van der Waals surface area contributed by atoms with Crippen molar-refractivity contribution in [2.45, 2.75) is 12.6 Å². The third-order valence-electron chi connectivity index (χ3n) is 1.74. The van der Waals surface area contributed by atoms with Crippen LogP contribution in [-0.2, 0) is 11.8 Å². The van der Waals surface area contributed by atoms with E-state index >= 15 is 0 Å². The standard InChI is InChI=1S/C6H11PS/c1-6-4-3-5-7(6,2)8/h3-4,6H,5H2,1-2H3/t6-,7-/m0/s1. The van der Waals surface area contributed by atoms with Crippen molar-refractivity contribution in [2.75, 3.05) is 12.8 Å². The van der Waals surface area contributed by atoms with Gasteiger partial charge in [0, 0.05) is 5.66 Å². The summed E-state index contributed by atoms with van der Waals surface area (Å²) >= 11 is 5.38. The molecule has 0 nitrogen and oxygen atoms in total. The molecule has 0 spiro atoms. The molecule has 0 aromatic heterocycles. The van der Waals surface area contributed by atoms with E-state index in [2.05, 4.69) is 25.7 Å². The van der Waals surface area contributed by atoms with Gasteiger partial charge in [-0.25, -0.2) is 0 Å². The minimum absolute atomic E-state index is 0.706. The molecule has 1 heterocycles. The molecule has 0 radical (unpaired) electrons. The van der Waals surface area contributed by atoms with E-state index in [0.717, 1.165) is 0 Å². The number of hydrogen-bond donors (Lipinski definition) is 0. The molecule has 0 N–H and O–H groups in total. The molecule has 0 aromatic rings. The lowest BCUT2D eigenvalue weighted by Gasteiger charge is -2.12. The fourth-order valence-electron chi connectivity index (χ4n) is 0.815. The summed E-state index contributed by atoms with van der Waals surface area (Å²) in [5.74, 6) is 0. The van der Waals surface area contributed by atoms with Gasteiger partial charge in [0.15, 0.2) is 0 Å². The third kappa shape index (κ3) is 1.04. The molecule has 2 atom stereocenters. The smallest absolute Gasteiger partial charge is 0.00329 e. The molecule has 1 rings (SSSR count). The number of allylic oxidation sites excluding steroid dienone is 2. The van der Waals surface area contributed by atoms with Gasteiger partial charge >= 0.3 is 0 Å². The van der Waals surface area contributed by atoms with Crippen LogP contribution in [0.2, 0.25) is 0 Å². The highest BCUT2D eigenvalue weighted by atomic mass is 32.4. The lowest BCUT2D eigenvalue weighted by atomic mass is 10.4. The average molecular weight is 146 g/mol. The van der Waals surface area contributed by atoms with E-state index < -0.39 is 6.04 Å². The predicted molar refractivity (Wildman–Crippen MR) is 43.7 cm³/mol. The fraction of sp³-hybridized carbons (Fsp3) is 0.667. The second-order valence-corrected chi connectivity index (χ2v) is 8.56. The molecule has 0 fully saturated rings. The van der Waals surface area contributed by atoms with Crippen molar-refractivity contribution in [3.05, 3.63) is 12.2 Å². The third-order valence-corrected chi connectivity index (χ3v) is 6.02. The van der Waals surface area contributed by atoms with Gasteiger partial charge in [-0.1, -0.05) is 30.9 Å². The van der Waals surface area contributed by atoms with E-state index in [1.54, 1.807) is 0 Å². The van der Waals surface area contributed by atoms with E-state index in [4.69, 9.17) is 11.8 Å². The Balaban J connectivity index is 2.79. The second kappa shape index (κ2) is 1.97. The molecule has 0 saturated heterocycles. The minimum atomic E-state index is -0.912. The largest absolute Gasteiger partial charge is 0.0969 e. The van der Waals surface area contributed by atoms with Crippen LogP contribution in [0.5, 0.6) is 0 Å². The summed E-state index contributed by atoms with van der Waals surface area (Å²) < 4.78 is 0. The van der Waals surface area contributed by atoms with Crippen molar-refractivity contribution < 1.29 is 0 Å². The maximum Gasteiger partial charge on any atom is 0.00329 e. The highest BCUT2D eigenvalue weighted by Gasteiger charge is 2.19. The van der Waals surface area contributed by atoms with E-state index in [1.807, 2.05) is 0 Å². The maximum atomic E-state index is 5.38. The summed E-state index contributed by atoms with van der Waals surface area (Å²) in [6, 6.07) is -0.912. The molecular weight excluding hydrogens is 135 g/mol. The summed E-state index contributed by atoms with van der Waals surface area (Å²) in [7, 11) is 0. The predicted octanol–water partition coefficient (Wildman–Crippen LogP) is 2.05. The van der Waals surface area contributed by atoms with Gasteiger partial charge < -0.3 is 0 Å². The van der Waals surface area contributed by atoms with Crippen molar-refractivity contribution in [3.8, 4) is 0 Å². The van der Waals surface area contributed by atoms with Crippen LogP contribution in [0.3, 0.4) is 0 Å². The summed E-state index contributed by atoms with van der Waals surface area (Å²) in [4.78, 5) is 0. The van der Waals surface area contributed by atoms with Crippen LogP contribution in [0.1, 0.15) is 6.92 Å². The summed E-state index contributed by atoms with van der Waals surface area (Å²) in [6.07, 6.45) is 5.66. The summed E-state index contributed by atoms with van der Waals surface area (Å²) in [5, 5.41) is 0. The minimum Gasteiger partial charge on any atom is -0.0969 e.